The van der Waals surface area contributed by atoms with Crippen LogP contribution in [0.5, 0.6) is 0 Å². The molecule has 0 radical (unpaired) electrons. The van der Waals surface area contributed by atoms with Gasteiger partial charge in [0, 0.05) is 12.6 Å². The molecule has 0 saturated heterocycles. The zero-order valence-electron chi connectivity index (χ0n) is 10.7. The number of halogens is 1. The van der Waals surface area contributed by atoms with Crippen LogP contribution < -0.4 is 10.0 Å². The van der Waals surface area contributed by atoms with E-state index >= 15 is 0 Å². The molecule has 1 unspecified atom stereocenters. The van der Waals surface area contributed by atoms with Crippen molar-refractivity contribution in [1.82, 2.24) is 5.32 Å². The number of nitrogens with one attached hydrogen (secondary N) is 2. The van der Waals surface area contributed by atoms with Crippen LogP contribution in [0.1, 0.15) is 17.3 Å². The minimum atomic E-state index is -4.15. The third-order valence-electron chi connectivity index (χ3n) is 2.52. The highest BCUT2D eigenvalue weighted by Crippen LogP contribution is 2.25. The Morgan fingerprint density at radius 2 is 1.95 bits per heavy atom. The summed E-state index contributed by atoms with van der Waals surface area (Å²) in [5.41, 5.74) is 0.137. The molecule has 1 atom stereocenters. The number of rotatable bonds is 5. The van der Waals surface area contributed by atoms with Crippen LogP contribution in [-0.4, -0.2) is 37.7 Å². The number of carbonyl (C=O) groups is 2. The molecular formula is C11H13ClN2O5S. The molecule has 20 heavy (non-hydrogen) atoms. The maximum absolute atomic E-state index is 11.8. The number of carboxylic acids is 1. The van der Waals surface area contributed by atoms with Gasteiger partial charge in [0.25, 0.3) is 5.91 Å². The lowest BCUT2D eigenvalue weighted by Crippen LogP contribution is -2.32. The Labute approximate surface area is 121 Å². The molecule has 0 fully saturated rings. The Kier molecular flexibility index (Phi) is 4.96. The summed E-state index contributed by atoms with van der Waals surface area (Å²) < 4.78 is 25.7. The van der Waals surface area contributed by atoms with Crippen LogP contribution in [0.25, 0.3) is 0 Å². The Morgan fingerprint density at radius 3 is 2.45 bits per heavy atom. The second kappa shape index (κ2) is 6.10. The molecule has 3 N–H and O–H groups in total. The normalized spacial score (nSPS) is 12.6. The van der Waals surface area contributed by atoms with E-state index in [1.807, 2.05) is 0 Å². The van der Waals surface area contributed by atoms with Crippen molar-refractivity contribution in [2.24, 2.45) is 0 Å². The molecule has 0 aromatic heterocycles. The minimum Gasteiger partial charge on any atom is -0.480 e. The zero-order valence-corrected chi connectivity index (χ0v) is 12.2. The molecule has 110 valence electrons. The van der Waals surface area contributed by atoms with Gasteiger partial charge in [0.1, 0.15) is 0 Å². The molecule has 7 nitrogen and oxygen atoms in total. The van der Waals surface area contributed by atoms with Gasteiger partial charge in [0.15, 0.2) is 5.25 Å². The second-order valence-corrected chi connectivity index (χ2v) is 6.31. The van der Waals surface area contributed by atoms with Crippen LogP contribution >= 0.6 is 11.6 Å². The summed E-state index contributed by atoms with van der Waals surface area (Å²) in [4.78, 5) is 22.2. The van der Waals surface area contributed by atoms with Gasteiger partial charge in [-0.05, 0) is 25.1 Å². The number of aliphatic carboxylic acids is 1. The van der Waals surface area contributed by atoms with Gasteiger partial charge in [-0.15, -0.1) is 0 Å². The standard InChI is InChI=1S/C11H13ClN2O5S/c1-6(11(16)17)20(18,19)14-9-5-7(10(15)13-2)3-4-8(9)12/h3-6,14H,1-2H3,(H,13,15)(H,16,17). The predicted molar refractivity (Wildman–Crippen MR) is 74.5 cm³/mol. The summed E-state index contributed by atoms with van der Waals surface area (Å²) in [6.45, 7) is 1.03. The molecule has 1 aromatic rings. The fourth-order valence-corrected chi connectivity index (χ4v) is 2.40. The lowest BCUT2D eigenvalue weighted by Gasteiger charge is -2.13. The van der Waals surface area contributed by atoms with Crippen molar-refractivity contribution >= 4 is 39.2 Å². The number of hydrogen-bond acceptors (Lipinski definition) is 4. The fourth-order valence-electron chi connectivity index (χ4n) is 1.26. The van der Waals surface area contributed by atoms with Gasteiger partial charge in [-0.2, -0.15) is 0 Å². The van der Waals surface area contributed by atoms with Crippen molar-refractivity contribution in [3.05, 3.63) is 28.8 Å². The molecule has 0 bridgehead atoms. The van der Waals surface area contributed by atoms with Crippen LogP contribution in [0.2, 0.25) is 5.02 Å². The summed E-state index contributed by atoms with van der Waals surface area (Å²) in [5.74, 6) is -1.91. The number of carboxylic acid groups (broad SMARTS) is 1. The number of anilines is 1. The Morgan fingerprint density at radius 1 is 1.35 bits per heavy atom. The lowest BCUT2D eigenvalue weighted by molar-refractivity contribution is -0.136. The van der Waals surface area contributed by atoms with Crippen LogP contribution in [0.15, 0.2) is 18.2 Å². The Hall–Kier alpha value is -1.80. The average molecular weight is 321 g/mol. The van der Waals surface area contributed by atoms with E-state index in [-0.39, 0.29) is 16.3 Å². The summed E-state index contributed by atoms with van der Waals surface area (Å²) in [5, 5.41) is 9.51. The quantitative estimate of drug-likeness (QED) is 0.746. The van der Waals surface area contributed by atoms with Crippen LogP contribution in [0, 0.1) is 0 Å². The van der Waals surface area contributed by atoms with Crippen molar-refractivity contribution in [3.8, 4) is 0 Å². The highest BCUT2D eigenvalue weighted by atomic mass is 35.5. The Bertz CT molecular complexity index is 644. The van der Waals surface area contributed by atoms with Gasteiger partial charge < -0.3 is 10.4 Å². The van der Waals surface area contributed by atoms with E-state index in [4.69, 9.17) is 16.7 Å². The molecule has 0 aliphatic carbocycles. The van der Waals surface area contributed by atoms with Crippen molar-refractivity contribution in [1.29, 1.82) is 0 Å². The summed E-state index contributed by atoms with van der Waals surface area (Å²) in [6.07, 6.45) is 0. The number of hydrogen-bond donors (Lipinski definition) is 3. The van der Waals surface area contributed by atoms with E-state index in [1.165, 1.54) is 25.2 Å². The number of amides is 1. The van der Waals surface area contributed by atoms with Gasteiger partial charge in [0.05, 0.1) is 10.7 Å². The molecule has 0 aliphatic rings. The predicted octanol–water partition coefficient (Wildman–Crippen LogP) is 0.914. The molecule has 0 saturated carbocycles. The molecule has 1 rings (SSSR count). The number of carbonyl (C=O) groups excluding carboxylic acids is 1. The molecule has 1 aromatic carbocycles. The highest BCUT2D eigenvalue weighted by Gasteiger charge is 2.28. The van der Waals surface area contributed by atoms with Crippen molar-refractivity contribution in [2.45, 2.75) is 12.2 Å². The first-order chi connectivity index (χ1) is 9.19. The monoisotopic (exact) mass is 320 g/mol. The van der Waals surface area contributed by atoms with E-state index in [0.29, 0.717) is 0 Å². The molecule has 0 aliphatic heterocycles. The molecule has 9 heteroatoms. The third kappa shape index (κ3) is 3.61. The largest absolute Gasteiger partial charge is 0.480 e. The number of benzene rings is 1. The van der Waals surface area contributed by atoms with Gasteiger partial charge in [0.2, 0.25) is 10.0 Å². The number of sulfonamides is 1. The van der Waals surface area contributed by atoms with Crippen LogP contribution in [0.3, 0.4) is 0 Å². The molecule has 0 heterocycles. The lowest BCUT2D eigenvalue weighted by atomic mass is 10.2. The average Bonchev–Trinajstić information content (AvgIpc) is 2.39. The minimum absolute atomic E-state index is 0.0545. The smallest absolute Gasteiger partial charge is 0.323 e. The van der Waals surface area contributed by atoms with Gasteiger partial charge in [-0.3, -0.25) is 14.3 Å². The summed E-state index contributed by atoms with van der Waals surface area (Å²) in [7, 11) is -2.73. The third-order valence-corrected chi connectivity index (χ3v) is 4.49. The van der Waals surface area contributed by atoms with Crippen molar-refractivity contribution < 1.29 is 23.1 Å². The van der Waals surface area contributed by atoms with Gasteiger partial charge in [-0.25, -0.2) is 8.42 Å². The summed E-state index contributed by atoms with van der Waals surface area (Å²) in [6, 6.07) is 3.99. The maximum atomic E-state index is 11.8. The highest BCUT2D eigenvalue weighted by molar-refractivity contribution is 7.94. The van der Waals surface area contributed by atoms with E-state index in [0.717, 1.165) is 6.92 Å². The first-order valence-corrected chi connectivity index (χ1v) is 7.37. The molecular weight excluding hydrogens is 308 g/mol. The zero-order chi connectivity index (χ0) is 15.5. The van der Waals surface area contributed by atoms with Crippen LogP contribution in [-0.2, 0) is 14.8 Å². The van der Waals surface area contributed by atoms with E-state index < -0.39 is 27.1 Å². The maximum Gasteiger partial charge on any atom is 0.323 e. The fraction of sp³-hybridized carbons (Fsp3) is 0.273. The second-order valence-electron chi connectivity index (χ2n) is 3.90. The summed E-state index contributed by atoms with van der Waals surface area (Å²) >= 11 is 5.83. The van der Waals surface area contributed by atoms with E-state index in [2.05, 4.69) is 10.0 Å². The molecule has 0 spiro atoms. The molecule has 1 amide bonds. The first kappa shape index (κ1) is 16.3. The topological polar surface area (TPSA) is 113 Å². The van der Waals surface area contributed by atoms with E-state index in [9.17, 15) is 18.0 Å². The Balaban J connectivity index is 3.15. The van der Waals surface area contributed by atoms with Crippen molar-refractivity contribution in [3.63, 3.8) is 0 Å². The van der Waals surface area contributed by atoms with Crippen molar-refractivity contribution in [2.75, 3.05) is 11.8 Å². The van der Waals surface area contributed by atoms with Crippen LogP contribution in [0.4, 0.5) is 5.69 Å². The van der Waals surface area contributed by atoms with Gasteiger partial charge >= 0.3 is 5.97 Å². The van der Waals surface area contributed by atoms with Gasteiger partial charge in [-0.1, -0.05) is 11.6 Å². The first-order valence-electron chi connectivity index (χ1n) is 5.45. The SMILES string of the molecule is CNC(=O)c1ccc(Cl)c(NS(=O)(=O)C(C)C(=O)O)c1. The van der Waals surface area contributed by atoms with E-state index in [1.54, 1.807) is 0 Å².